The van der Waals surface area contributed by atoms with Crippen LogP contribution in [0.25, 0.3) is 0 Å². The Labute approximate surface area is 85.5 Å². The van der Waals surface area contributed by atoms with Crippen LogP contribution in [0, 0.1) is 7.14 Å². The van der Waals surface area contributed by atoms with Crippen molar-refractivity contribution in [2.24, 2.45) is 0 Å². The fourth-order valence-electron chi connectivity index (χ4n) is 0.526. The summed E-state index contributed by atoms with van der Waals surface area (Å²) in [5, 5.41) is 17.9. The van der Waals surface area contributed by atoms with Crippen molar-refractivity contribution < 1.29 is 10.2 Å². The average Bonchev–Trinajstić information content (AvgIpc) is 1.84. The van der Waals surface area contributed by atoms with Crippen LogP contribution in [0.15, 0.2) is 12.1 Å². The maximum absolute atomic E-state index is 8.97. The van der Waals surface area contributed by atoms with Crippen molar-refractivity contribution in [3.05, 3.63) is 19.3 Å². The third kappa shape index (κ3) is 1.66. The van der Waals surface area contributed by atoms with Crippen LogP contribution in [0.5, 0.6) is 11.5 Å². The summed E-state index contributed by atoms with van der Waals surface area (Å²) in [4.78, 5) is 0. The first-order chi connectivity index (χ1) is 4.61. The standard InChI is InChI=1S/C6H4I2O2/c7-3-1-5(9)6(10)2-4(3)8/h1-2,9-10H. The molecule has 0 fully saturated rings. The van der Waals surface area contributed by atoms with Gasteiger partial charge in [0.25, 0.3) is 0 Å². The van der Waals surface area contributed by atoms with Crippen LogP contribution in [-0.4, -0.2) is 10.2 Å². The van der Waals surface area contributed by atoms with Gasteiger partial charge in [0, 0.05) is 7.14 Å². The number of phenols is 2. The number of hydrogen-bond acceptors (Lipinski definition) is 2. The van der Waals surface area contributed by atoms with Crippen LogP contribution in [0.3, 0.4) is 0 Å². The number of rotatable bonds is 0. The van der Waals surface area contributed by atoms with E-state index >= 15 is 0 Å². The molecule has 0 saturated heterocycles. The Morgan fingerprint density at radius 2 is 1.20 bits per heavy atom. The minimum atomic E-state index is -0.0650. The van der Waals surface area contributed by atoms with Gasteiger partial charge in [-0.15, -0.1) is 0 Å². The van der Waals surface area contributed by atoms with Crippen molar-refractivity contribution in [1.29, 1.82) is 0 Å². The van der Waals surface area contributed by atoms with E-state index in [0.29, 0.717) is 0 Å². The minimum absolute atomic E-state index is 0.0650. The van der Waals surface area contributed by atoms with Gasteiger partial charge in [-0.1, -0.05) is 0 Å². The summed E-state index contributed by atoms with van der Waals surface area (Å²) in [6, 6.07) is 3.05. The number of benzene rings is 1. The molecule has 1 rings (SSSR count). The summed E-state index contributed by atoms with van der Waals surface area (Å²) in [6.45, 7) is 0. The third-order valence-corrected chi connectivity index (χ3v) is 3.83. The highest BCUT2D eigenvalue weighted by Gasteiger charge is 2.02. The highest BCUT2D eigenvalue weighted by Crippen LogP contribution is 2.29. The molecular formula is C6H4I2O2. The number of halogens is 2. The molecule has 0 unspecified atom stereocenters. The monoisotopic (exact) mass is 362 g/mol. The molecule has 0 bridgehead atoms. The van der Waals surface area contributed by atoms with Crippen molar-refractivity contribution >= 4 is 45.2 Å². The van der Waals surface area contributed by atoms with E-state index in [-0.39, 0.29) is 11.5 Å². The molecule has 0 aromatic heterocycles. The largest absolute Gasteiger partial charge is 0.504 e. The second-order valence-electron chi connectivity index (χ2n) is 1.76. The summed E-state index contributed by atoms with van der Waals surface area (Å²) in [5.74, 6) is -0.130. The van der Waals surface area contributed by atoms with Gasteiger partial charge in [0.05, 0.1) is 0 Å². The molecule has 0 aliphatic carbocycles. The van der Waals surface area contributed by atoms with E-state index in [2.05, 4.69) is 45.2 Å². The van der Waals surface area contributed by atoms with Crippen LogP contribution in [0.1, 0.15) is 0 Å². The van der Waals surface area contributed by atoms with Gasteiger partial charge in [0.1, 0.15) is 0 Å². The van der Waals surface area contributed by atoms with Gasteiger partial charge in [0.2, 0.25) is 0 Å². The van der Waals surface area contributed by atoms with E-state index in [1.807, 2.05) is 0 Å². The molecular weight excluding hydrogens is 358 g/mol. The molecule has 10 heavy (non-hydrogen) atoms. The van der Waals surface area contributed by atoms with Crippen LogP contribution < -0.4 is 0 Å². The van der Waals surface area contributed by atoms with E-state index in [4.69, 9.17) is 10.2 Å². The molecule has 0 heterocycles. The molecule has 0 aliphatic heterocycles. The summed E-state index contributed by atoms with van der Waals surface area (Å²) in [7, 11) is 0. The van der Waals surface area contributed by atoms with E-state index in [0.717, 1.165) is 7.14 Å². The maximum atomic E-state index is 8.97. The summed E-state index contributed by atoms with van der Waals surface area (Å²) < 4.78 is 1.88. The molecule has 0 amide bonds. The molecule has 2 N–H and O–H groups in total. The molecule has 0 aliphatic rings. The smallest absolute Gasteiger partial charge is 0.158 e. The molecule has 54 valence electrons. The lowest BCUT2D eigenvalue weighted by molar-refractivity contribution is 0.403. The van der Waals surface area contributed by atoms with Crippen molar-refractivity contribution in [3.8, 4) is 11.5 Å². The quantitative estimate of drug-likeness (QED) is 0.550. The zero-order valence-corrected chi connectivity index (χ0v) is 9.12. The van der Waals surface area contributed by atoms with Crippen LogP contribution in [0.4, 0.5) is 0 Å². The topological polar surface area (TPSA) is 40.5 Å². The van der Waals surface area contributed by atoms with Crippen molar-refractivity contribution in [2.45, 2.75) is 0 Å². The molecule has 1 aromatic rings. The Balaban J connectivity index is 3.28. The highest BCUT2D eigenvalue weighted by molar-refractivity contribution is 14.1. The molecule has 2 nitrogen and oxygen atoms in total. The second kappa shape index (κ2) is 3.12. The highest BCUT2D eigenvalue weighted by atomic mass is 127. The van der Waals surface area contributed by atoms with Gasteiger partial charge in [-0.25, -0.2) is 0 Å². The first kappa shape index (κ1) is 8.38. The number of phenolic OH excluding ortho intramolecular Hbond substituents is 2. The van der Waals surface area contributed by atoms with Crippen molar-refractivity contribution in [2.75, 3.05) is 0 Å². The molecule has 0 radical (unpaired) electrons. The lowest BCUT2D eigenvalue weighted by atomic mass is 10.3. The van der Waals surface area contributed by atoms with Gasteiger partial charge in [-0.3, -0.25) is 0 Å². The lowest BCUT2D eigenvalue weighted by Gasteiger charge is -1.99. The van der Waals surface area contributed by atoms with Gasteiger partial charge in [-0.2, -0.15) is 0 Å². The van der Waals surface area contributed by atoms with Crippen LogP contribution in [0.2, 0.25) is 0 Å². The fourth-order valence-corrected chi connectivity index (χ4v) is 1.43. The maximum Gasteiger partial charge on any atom is 0.158 e. The summed E-state index contributed by atoms with van der Waals surface area (Å²) >= 11 is 4.18. The predicted octanol–water partition coefficient (Wildman–Crippen LogP) is 2.31. The Morgan fingerprint density at radius 1 is 0.900 bits per heavy atom. The van der Waals surface area contributed by atoms with Gasteiger partial charge in [-0.05, 0) is 57.3 Å². The number of hydrogen-bond donors (Lipinski definition) is 2. The minimum Gasteiger partial charge on any atom is -0.504 e. The van der Waals surface area contributed by atoms with E-state index < -0.39 is 0 Å². The Morgan fingerprint density at radius 3 is 1.50 bits per heavy atom. The van der Waals surface area contributed by atoms with E-state index in [1.54, 1.807) is 0 Å². The molecule has 0 saturated carbocycles. The van der Waals surface area contributed by atoms with E-state index in [9.17, 15) is 0 Å². The Bertz CT molecular complexity index is 210. The average molecular weight is 362 g/mol. The molecule has 0 atom stereocenters. The number of aromatic hydroxyl groups is 2. The van der Waals surface area contributed by atoms with Crippen molar-refractivity contribution in [3.63, 3.8) is 0 Å². The summed E-state index contributed by atoms with van der Waals surface area (Å²) in [5.41, 5.74) is 0. The first-order valence-electron chi connectivity index (χ1n) is 2.48. The van der Waals surface area contributed by atoms with Gasteiger partial charge < -0.3 is 10.2 Å². The van der Waals surface area contributed by atoms with Gasteiger partial charge in [0.15, 0.2) is 11.5 Å². The van der Waals surface area contributed by atoms with Crippen molar-refractivity contribution in [1.82, 2.24) is 0 Å². The predicted molar refractivity (Wildman–Crippen MR) is 55.2 cm³/mol. The lowest BCUT2D eigenvalue weighted by Crippen LogP contribution is -1.78. The molecule has 1 aromatic carbocycles. The van der Waals surface area contributed by atoms with Gasteiger partial charge >= 0.3 is 0 Å². The SMILES string of the molecule is Oc1cc(I)c(I)cc1O. The molecule has 4 heteroatoms. The zero-order chi connectivity index (χ0) is 7.72. The summed E-state index contributed by atoms with van der Waals surface area (Å²) in [6.07, 6.45) is 0. The fraction of sp³-hybridized carbons (Fsp3) is 0. The second-order valence-corrected chi connectivity index (χ2v) is 4.08. The molecule has 0 spiro atoms. The van der Waals surface area contributed by atoms with Crippen LogP contribution in [-0.2, 0) is 0 Å². The Hall–Kier alpha value is 0.280. The zero-order valence-electron chi connectivity index (χ0n) is 4.81. The van der Waals surface area contributed by atoms with Crippen LogP contribution >= 0.6 is 45.2 Å². The first-order valence-corrected chi connectivity index (χ1v) is 4.64. The normalized spacial score (nSPS) is 9.80. The van der Waals surface area contributed by atoms with E-state index in [1.165, 1.54) is 12.1 Å². The third-order valence-electron chi connectivity index (χ3n) is 1.02. The Kier molecular flexibility index (Phi) is 2.61.